The number of nitrogens with one attached hydrogen (secondary N) is 1. The third kappa shape index (κ3) is 3.80. The van der Waals surface area contributed by atoms with Gasteiger partial charge in [-0.2, -0.15) is 5.10 Å². The second-order valence-corrected chi connectivity index (χ2v) is 6.75. The maximum absolute atomic E-state index is 12.4. The van der Waals surface area contributed by atoms with Gasteiger partial charge in [-0.25, -0.2) is 5.43 Å². The normalized spacial score (nSPS) is 11.2. The van der Waals surface area contributed by atoms with Crippen LogP contribution in [0.15, 0.2) is 58.2 Å². The number of halogens is 1. The summed E-state index contributed by atoms with van der Waals surface area (Å²) in [4.78, 5) is 12.4. The molecule has 1 aromatic heterocycles. The Labute approximate surface area is 160 Å². The molecule has 0 atom stereocenters. The fourth-order valence-corrected chi connectivity index (χ4v) is 3.24. The van der Waals surface area contributed by atoms with Crippen LogP contribution in [0.4, 0.5) is 0 Å². The molecule has 0 unspecified atom stereocenters. The Morgan fingerprint density at radius 2 is 2.12 bits per heavy atom. The number of para-hydroxylation sites is 1. The SMILES string of the molecule is CCCn1cc(/C=N\NC(=O)c2cc(Br)ccc2OC)c2ccccc21. The Balaban J connectivity index is 1.82. The second-order valence-electron chi connectivity index (χ2n) is 5.84. The van der Waals surface area contributed by atoms with Crippen LogP contribution in [-0.4, -0.2) is 23.8 Å². The molecule has 1 heterocycles. The largest absolute Gasteiger partial charge is 0.496 e. The molecule has 0 saturated heterocycles. The summed E-state index contributed by atoms with van der Waals surface area (Å²) in [5.74, 6) is 0.178. The van der Waals surface area contributed by atoms with Crippen molar-refractivity contribution in [2.45, 2.75) is 19.9 Å². The number of methoxy groups -OCH3 is 1. The highest BCUT2D eigenvalue weighted by molar-refractivity contribution is 9.10. The number of benzene rings is 2. The molecule has 1 N–H and O–H groups in total. The third-order valence-corrected chi connectivity index (χ3v) is 4.55. The average molecular weight is 414 g/mol. The van der Waals surface area contributed by atoms with Crippen LogP contribution in [0.1, 0.15) is 29.3 Å². The lowest BCUT2D eigenvalue weighted by atomic mass is 10.2. The molecule has 0 fully saturated rings. The van der Waals surface area contributed by atoms with Crippen LogP contribution in [0, 0.1) is 0 Å². The number of carbonyl (C=O) groups is 1. The number of fused-ring (bicyclic) bond motifs is 1. The van der Waals surface area contributed by atoms with Gasteiger partial charge < -0.3 is 9.30 Å². The standard InChI is InChI=1S/C20H20BrN3O2/c1-3-10-24-13-14(16-6-4-5-7-18(16)24)12-22-23-20(25)17-11-15(21)8-9-19(17)26-2/h4-9,11-13H,3,10H2,1-2H3,(H,23,25)/b22-12-. The molecule has 5 nitrogen and oxygen atoms in total. The highest BCUT2D eigenvalue weighted by Gasteiger charge is 2.12. The van der Waals surface area contributed by atoms with Crippen LogP contribution in [0.2, 0.25) is 0 Å². The first-order valence-electron chi connectivity index (χ1n) is 8.39. The van der Waals surface area contributed by atoms with Crippen molar-refractivity contribution in [2.24, 2.45) is 5.10 Å². The van der Waals surface area contributed by atoms with E-state index in [1.54, 1.807) is 18.3 Å². The van der Waals surface area contributed by atoms with Gasteiger partial charge in [-0.3, -0.25) is 4.79 Å². The van der Waals surface area contributed by atoms with E-state index in [0.717, 1.165) is 33.9 Å². The number of rotatable bonds is 6. The molecule has 6 heteroatoms. The van der Waals surface area contributed by atoms with E-state index in [9.17, 15) is 4.79 Å². The van der Waals surface area contributed by atoms with Crippen molar-refractivity contribution in [3.05, 3.63) is 64.3 Å². The quantitative estimate of drug-likeness (QED) is 0.474. The molecule has 134 valence electrons. The van der Waals surface area contributed by atoms with Crippen LogP contribution < -0.4 is 10.2 Å². The van der Waals surface area contributed by atoms with Crippen LogP contribution in [0.5, 0.6) is 5.75 Å². The molecule has 0 aliphatic heterocycles. The van der Waals surface area contributed by atoms with E-state index in [2.05, 4.69) is 56.3 Å². The first kappa shape index (κ1) is 18.2. The van der Waals surface area contributed by atoms with Gasteiger partial charge in [0.1, 0.15) is 5.75 Å². The van der Waals surface area contributed by atoms with Gasteiger partial charge in [0.05, 0.1) is 18.9 Å². The minimum atomic E-state index is -0.323. The highest BCUT2D eigenvalue weighted by Crippen LogP contribution is 2.23. The molecule has 0 bridgehead atoms. The fraction of sp³-hybridized carbons (Fsp3) is 0.200. The van der Waals surface area contributed by atoms with Crippen LogP contribution >= 0.6 is 15.9 Å². The molecule has 0 aliphatic carbocycles. The number of aryl methyl sites for hydroxylation is 1. The third-order valence-electron chi connectivity index (χ3n) is 4.06. The first-order chi connectivity index (χ1) is 12.6. The number of nitrogens with zero attached hydrogens (tertiary/aromatic N) is 2. The molecule has 26 heavy (non-hydrogen) atoms. The number of aromatic nitrogens is 1. The summed E-state index contributed by atoms with van der Waals surface area (Å²) in [6.07, 6.45) is 4.79. The minimum Gasteiger partial charge on any atom is -0.496 e. The van der Waals surface area contributed by atoms with Gasteiger partial charge in [0, 0.05) is 33.7 Å². The zero-order valence-corrected chi connectivity index (χ0v) is 16.3. The molecule has 3 aromatic rings. The summed E-state index contributed by atoms with van der Waals surface area (Å²) in [6, 6.07) is 13.4. The number of hydrazone groups is 1. The fourth-order valence-electron chi connectivity index (χ4n) is 2.88. The topological polar surface area (TPSA) is 55.6 Å². The second kappa shape index (κ2) is 8.19. The van der Waals surface area contributed by atoms with Gasteiger partial charge in [-0.1, -0.05) is 41.1 Å². The van der Waals surface area contributed by atoms with Crippen molar-refractivity contribution < 1.29 is 9.53 Å². The number of ether oxygens (including phenoxy) is 1. The van der Waals surface area contributed by atoms with Gasteiger partial charge in [-0.15, -0.1) is 0 Å². The number of hydrogen-bond donors (Lipinski definition) is 1. The summed E-state index contributed by atoms with van der Waals surface area (Å²) in [7, 11) is 1.53. The zero-order valence-electron chi connectivity index (χ0n) is 14.7. The zero-order chi connectivity index (χ0) is 18.5. The summed E-state index contributed by atoms with van der Waals surface area (Å²) in [5, 5.41) is 5.25. The van der Waals surface area contributed by atoms with E-state index < -0.39 is 0 Å². The lowest BCUT2D eigenvalue weighted by Gasteiger charge is -2.07. The van der Waals surface area contributed by atoms with Crippen molar-refractivity contribution in [1.29, 1.82) is 0 Å². The summed E-state index contributed by atoms with van der Waals surface area (Å²) in [6.45, 7) is 3.09. The van der Waals surface area contributed by atoms with Crippen molar-refractivity contribution in [1.82, 2.24) is 9.99 Å². The predicted molar refractivity (Wildman–Crippen MR) is 108 cm³/mol. The lowest BCUT2D eigenvalue weighted by Crippen LogP contribution is -2.18. The molecule has 0 spiro atoms. The number of carbonyl (C=O) groups excluding carboxylic acids is 1. The summed E-state index contributed by atoms with van der Waals surface area (Å²) < 4.78 is 8.24. The number of amides is 1. The Morgan fingerprint density at radius 1 is 1.31 bits per heavy atom. The predicted octanol–water partition coefficient (Wildman–Crippen LogP) is 4.59. The molecule has 2 aromatic carbocycles. The van der Waals surface area contributed by atoms with Crippen LogP contribution in [0.3, 0.4) is 0 Å². The highest BCUT2D eigenvalue weighted by atomic mass is 79.9. The Bertz CT molecular complexity index is 963. The van der Waals surface area contributed by atoms with Crippen LogP contribution in [0.25, 0.3) is 10.9 Å². The van der Waals surface area contributed by atoms with E-state index in [4.69, 9.17) is 4.74 Å². The van der Waals surface area contributed by atoms with Gasteiger partial charge in [0.25, 0.3) is 5.91 Å². The van der Waals surface area contributed by atoms with Crippen molar-refractivity contribution in [3.63, 3.8) is 0 Å². The van der Waals surface area contributed by atoms with E-state index in [0.29, 0.717) is 11.3 Å². The van der Waals surface area contributed by atoms with Crippen molar-refractivity contribution >= 4 is 39.0 Å². The number of hydrogen-bond acceptors (Lipinski definition) is 3. The van der Waals surface area contributed by atoms with E-state index in [1.165, 1.54) is 7.11 Å². The van der Waals surface area contributed by atoms with Crippen molar-refractivity contribution in [3.8, 4) is 5.75 Å². The van der Waals surface area contributed by atoms with E-state index in [-0.39, 0.29) is 5.91 Å². The van der Waals surface area contributed by atoms with E-state index in [1.807, 2.05) is 18.2 Å². The molecular formula is C20H20BrN3O2. The molecule has 3 rings (SSSR count). The monoisotopic (exact) mass is 413 g/mol. The van der Waals surface area contributed by atoms with Gasteiger partial charge in [0.2, 0.25) is 0 Å². The maximum atomic E-state index is 12.4. The summed E-state index contributed by atoms with van der Waals surface area (Å²) >= 11 is 3.37. The maximum Gasteiger partial charge on any atom is 0.275 e. The Hall–Kier alpha value is -2.60. The minimum absolute atomic E-state index is 0.323. The summed E-state index contributed by atoms with van der Waals surface area (Å²) in [5.41, 5.74) is 5.13. The average Bonchev–Trinajstić information content (AvgIpc) is 3.00. The van der Waals surface area contributed by atoms with Gasteiger partial charge in [0.15, 0.2) is 0 Å². The molecule has 1 amide bonds. The Kier molecular flexibility index (Phi) is 5.73. The van der Waals surface area contributed by atoms with Gasteiger partial charge in [-0.05, 0) is 30.7 Å². The molecule has 0 radical (unpaired) electrons. The lowest BCUT2D eigenvalue weighted by molar-refractivity contribution is 0.0952. The van der Waals surface area contributed by atoms with Gasteiger partial charge >= 0.3 is 0 Å². The molecular weight excluding hydrogens is 394 g/mol. The Morgan fingerprint density at radius 3 is 2.88 bits per heavy atom. The first-order valence-corrected chi connectivity index (χ1v) is 9.18. The van der Waals surface area contributed by atoms with Crippen LogP contribution in [-0.2, 0) is 6.54 Å². The molecule has 0 saturated carbocycles. The van der Waals surface area contributed by atoms with E-state index >= 15 is 0 Å². The molecule has 0 aliphatic rings. The smallest absolute Gasteiger partial charge is 0.275 e. The van der Waals surface area contributed by atoms with Crippen molar-refractivity contribution in [2.75, 3.05) is 7.11 Å².